The monoisotopic (exact) mass is 835 g/mol. The first-order valence-corrected chi connectivity index (χ1v) is 21.4. The predicted octanol–water partition coefficient (Wildman–Crippen LogP) is 6.34. The normalized spacial score (nSPS) is 22.8. The molecular weight excluding hydrogens is 785 g/mol. The Morgan fingerprint density at radius 3 is 2.43 bits per heavy atom. The minimum atomic E-state index is -1.04. The van der Waals surface area contributed by atoms with Crippen molar-refractivity contribution in [3.8, 4) is 22.9 Å². The van der Waals surface area contributed by atoms with Gasteiger partial charge in [0.1, 0.15) is 23.5 Å². The second-order valence-electron chi connectivity index (χ2n) is 17.0. The van der Waals surface area contributed by atoms with Crippen molar-refractivity contribution < 1.29 is 32.6 Å². The van der Waals surface area contributed by atoms with Crippen LogP contribution >= 0.6 is 0 Å². The number of amides is 3. The second-order valence-corrected chi connectivity index (χ2v) is 17.0. The number of halogens is 2. The lowest BCUT2D eigenvalue weighted by molar-refractivity contribution is -0.134. The van der Waals surface area contributed by atoms with Gasteiger partial charge in [-0.3, -0.25) is 29.6 Å². The number of likely N-dealkylation sites (tertiary alicyclic amines) is 1. The number of imide groups is 1. The Morgan fingerprint density at radius 2 is 1.67 bits per heavy atom. The van der Waals surface area contributed by atoms with Gasteiger partial charge in [-0.25, -0.2) is 13.5 Å². The highest BCUT2D eigenvalue weighted by atomic mass is 19.1. The van der Waals surface area contributed by atoms with Crippen molar-refractivity contribution in [2.24, 2.45) is 18.0 Å². The number of carbonyl (C=O) groups is 3. The van der Waals surface area contributed by atoms with E-state index in [-0.39, 0.29) is 42.1 Å². The molecule has 3 fully saturated rings. The number of ether oxygens (including phenoxy) is 2. The summed E-state index contributed by atoms with van der Waals surface area (Å²) >= 11 is 0. The maximum absolute atomic E-state index is 15.1. The van der Waals surface area contributed by atoms with Gasteiger partial charge in [-0.15, -0.1) is 0 Å². The van der Waals surface area contributed by atoms with Gasteiger partial charge < -0.3 is 24.6 Å². The minimum Gasteiger partial charge on any atom is -0.490 e. The number of piperidine rings is 3. The number of rotatable bonds is 5. The highest BCUT2D eigenvalue weighted by Crippen LogP contribution is 2.39. The summed E-state index contributed by atoms with van der Waals surface area (Å²) in [6, 6.07) is 12.7. The molecule has 320 valence electrons. The van der Waals surface area contributed by atoms with E-state index < -0.39 is 29.4 Å². The molecule has 0 aliphatic carbocycles. The topological polar surface area (TPSA) is 147 Å². The molecule has 0 saturated carbocycles. The molecule has 5 aliphatic rings. The van der Waals surface area contributed by atoms with E-state index in [1.807, 2.05) is 14.0 Å². The Morgan fingerprint density at radius 1 is 0.902 bits per heavy atom. The van der Waals surface area contributed by atoms with Gasteiger partial charge in [0.15, 0.2) is 0 Å². The van der Waals surface area contributed by atoms with Crippen molar-refractivity contribution in [1.82, 2.24) is 25.0 Å². The van der Waals surface area contributed by atoms with Crippen LogP contribution in [0.15, 0.2) is 53.7 Å². The van der Waals surface area contributed by atoms with Crippen molar-refractivity contribution >= 4 is 40.7 Å². The predicted molar refractivity (Wildman–Crippen MR) is 226 cm³/mol. The number of anilines is 3. The van der Waals surface area contributed by atoms with Gasteiger partial charge in [0, 0.05) is 86.9 Å². The summed E-state index contributed by atoms with van der Waals surface area (Å²) in [5, 5.41) is 10.0. The van der Waals surface area contributed by atoms with E-state index in [1.165, 1.54) is 0 Å². The van der Waals surface area contributed by atoms with E-state index in [2.05, 4.69) is 60.5 Å². The molecule has 5 aliphatic heterocycles. The van der Waals surface area contributed by atoms with Crippen LogP contribution < -0.4 is 29.9 Å². The van der Waals surface area contributed by atoms with Gasteiger partial charge in [-0.2, -0.15) is 10.1 Å². The first kappa shape index (κ1) is 40.5. The Kier molecular flexibility index (Phi) is 11.2. The maximum Gasteiger partial charge on any atom is 0.280 e. The molecule has 2 N–H and O–H groups in total. The van der Waals surface area contributed by atoms with Crippen LogP contribution in [0.2, 0.25) is 0 Å². The standard InChI is InChI=1S/C45H51F2N9O5/c1-26-5-4-18-60-44-34(24-48-53(44)3)38-20-28(19-27(2)49-38)42(58)52-45-50-37-8-6-30(21-39(37)56(45)25-26)55-14-10-29(11-15-55)54-16-12-31(13-17-54)61-32-22-35(46)41(36(47)23-32)33-7-9-40(57)51-43(33)59/h6,8,19-24,26,29,31,33H,4-5,7,9-18,25H2,1-3H3,(H,50,52,58)(H,51,57,59)/t26-,33-/m1/s1. The summed E-state index contributed by atoms with van der Waals surface area (Å²) in [5.74, 6) is -2.67. The molecular formula is C45H51F2N9O5. The fraction of sp³-hybridized carbons (Fsp3) is 0.467. The summed E-state index contributed by atoms with van der Waals surface area (Å²) in [5.41, 5.74) is 5.20. The molecule has 3 saturated heterocycles. The van der Waals surface area contributed by atoms with Gasteiger partial charge in [0.2, 0.25) is 23.7 Å². The Bertz CT molecular complexity index is 2360. The number of benzene rings is 2. The average molecular weight is 836 g/mol. The SMILES string of the molecule is Cc1cc2cc(n1)-c1cnn(C)c1OCCC[C@@H](C)CN1/C(=N/C2=O)Nc2ccc(N3CCC(N4CCC(Oc5cc(F)c([C@H]6CCC(=O)NC6=O)c(F)c5)CC4)CC3)cc21. The zero-order valence-corrected chi connectivity index (χ0v) is 34.8. The van der Waals surface area contributed by atoms with E-state index in [1.54, 1.807) is 23.0 Å². The molecule has 0 unspecified atom stereocenters. The van der Waals surface area contributed by atoms with Crippen LogP contribution in [0.25, 0.3) is 11.3 Å². The summed E-state index contributed by atoms with van der Waals surface area (Å²) < 4.78 is 44.3. The molecule has 7 heterocycles. The highest BCUT2D eigenvalue weighted by Gasteiger charge is 2.35. The summed E-state index contributed by atoms with van der Waals surface area (Å²) in [4.78, 5) is 54.1. The van der Waals surface area contributed by atoms with Crippen LogP contribution in [0.3, 0.4) is 0 Å². The number of hydrogen-bond acceptors (Lipinski definition) is 11. The quantitative estimate of drug-likeness (QED) is 0.217. The van der Waals surface area contributed by atoms with Gasteiger partial charge >= 0.3 is 0 Å². The smallest absolute Gasteiger partial charge is 0.280 e. The lowest BCUT2D eigenvalue weighted by atomic mass is 9.89. The Balaban J connectivity index is 0.836. The molecule has 4 aromatic rings. The first-order valence-electron chi connectivity index (χ1n) is 21.4. The molecule has 0 spiro atoms. The van der Waals surface area contributed by atoms with Crippen LogP contribution in [-0.4, -0.2) is 94.8 Å². The Hall–Kier alpha value is -5.90. The summed E-state index contributed by atoms with van der Waals surface area (Å²) in [6.07, 6.45) is 6.87. The third-order valence-electron chi connectivity index (χ3n) is 12.7. The van der Waals surface area contributed by atoms with Crippen molar-refractivity contribution in [2.45, 2.75) is 83.3 Å². The molecule has 9 rings (SSSR count). The lowest BCUT2D eigenvalue weighted by Gasteiger charge is -2.42. The van der Waals surface area contributed by atoms with E-state index in [9.17, 15) is 14.4 Å². The highest BCUT2D eigenvalue weighted by molar-refractivity contribution is 6.19. The number of fused-ring (bicyclic) bond motifs is 7. The van der Waals surface area contributed by atoms with Crippen LogP contribution in [0, 0.1) is 24.5 Å². The van der Waals surface area contributed by atoms with Crippen LogP contribution in [0.4, 0.5) is 25.8 Å². The van der Waals surface area contributed by atoms with E-state index >= 15 is 8.78 Å². The van der Waals surface area contributed by atoms with Crippen molar-refractivity contribution in [2.75, 3.05) is 54.4 Å². The van der Waals surface area contributed by atoms with Crippen LogP contribution in [0.5, 0.6) is 11.6 Å². The van der Waals surface area contributed by atoms with Crippen molar-refractivity contribution in [1.29, 1.82) is 0 Å². The molecule has 0 radical (unpaired) electrons. The number of carbonyl (C=O) groups excluding carboxylic acids is 3. The molecule has 14 nitrogen and oxygen atoms in total. The van der Waals surface area contributed by atoms with E-state index in [0.717, 1.165) is 99.5 Å². The largest absolute Gasteiger partial charge is 0.490 e. The molecule has 2 atom stereocenters. The minimum absolute atomic E-state index is 0.0390. The molecule has 3 amide bonds. The average Bonchev–Trinajstić information content (AvgIpc) is 3.77. The fourth-order valence-corrected chi connectivity index (χ4v) is 9.46. The number of hydrogen-bond donors (Lipinski definition) is 2. The van der Waals surface area contributed by atoms with Crippen LogP contribution in [-0.2, 0) is 16.6 Å². The molecule has 2 aromatic heterocycles. The maximum atomic E-state index is 15.1. The number of nitrogens with one attached hydrogen (secondary N) is 2. The second kappa shape index (κ2) is 16.9. The third kappa shape index (κ3) is 8.42. The third-order valence-corrected chi connectivity index (χ3v) is 12.7. The number of guanidine groups is 1. The Labute approximate surface area is 353 Å². The van der Waals surface area contributed by atoms with Gasteiger partial charge in [0.05, 0.1) is 41.4 Å². The van der Waals surface area contributed by atoms with E-state index in [0.29, 0.717) is 48.0 Å². The molecule has 16 heteroatoms. The molecule has 61 heavy (non-hydrogen) atoms. The number of aryl methyl sites for hydroxylation is 2. The summed E-state index contributed by atoms with van der Waals surface area (Å²) in [6.45, 7) is 8.71. The van der Waals surface area contributed by atoms with E-state index in [4.69, 9.17) is 14.5 Å². The molecule has 2 aromatic carbocycles. The zero-order valence-electron chi connectivity index (χ0n) is 34.8. The van der Waals surface area contributed by atoms with Gasteiger partial charge in [-0.1, -0.05) is 6.92 Å². The van der Waals surface area contributed by atoms with Gasteiger partial charge in [-0.05, 0) is 88.1 Å². The number of aromatic nitrogens is 3. The van der Waals surface area contributed by atoms with Crippen molar-refractivity contribution in [3.05, 3.63) is 77.1 Å². The van der Waals surface area contributed by atoms with Crippen LogP contribution in [0.1, 0.15) is 85.8 Å². The number of aliphatic imine (C=N–C) groups is 1. The zero-order chi connectivity index (χ0) is 42.4. The summed E-state index contributed by atoms with van der Waals surface area (Å²) in [7, 11) is 1.84. The first-order chi connectivity index (χ1) is 29.5. The molecule has 2 bridgehead atoms. The van der Waals surface area contributed by atoms with Crippen molar-refractivity contribution in [3.63, 3.8) is 0 Å². The van der Waals surface area contributed by atoms with Gasteiger partial charge in [0.25, 0.3) is 5.91 Å². The number of pyridine rings is 1. The fourth-order valence-electron chi connectivity index (χ4n) is 9.46. The lowest BCUT2D eigenvalue weighted by Crippen LogP contribution is -2.49. The number of nitrogens with zero attached hydrogens (tertiary/aromatic N) is 7.